The van der Waals surface area contributed by atoms with Gasteiger partial charge in [0.1, 0.15) is 12.1 Å². The molecule has 0 atom stereocenters. The first-order valence-corrected chi connectivity index (χ1v) is 11.6. The van der Waals surface area contributed by atoms with Crippen molar-refractivity contribution in [2.45, 2.75) is 13.3 Å². The number of rotatable bonds is 6. The molecule has 10 heteroatoms. The van der Waals surface area contributed by atoms with Crippen molar-refractivity contribution in [2.24, 2.45) is 0 Å². The summed E-state index contributed by atoms with van der Waals surface area (Å²) in [7, 11) is 0. The van der Waals surface area contributed by atoms with Crippen LogP contribution in [0.2, 0.25) is 5.02 Å². The van der Waals surface area contributed by atoms with Crippen LogP contribution in [0.25, 0.3) is 16.9 Å². The average molecular weight is 478 g/mol. The van der Waals surface area contributed by atoms with Crippen molar-refractivity contribution in [2.75, 3.05) is 37.7 Å². The van der Waals surface area contributed by atoms with E-state index >= 15 is 0 Å². The topological polar surface area (TPSA) is 89.3 Å². The number of hydrogen-bond donors (Lipinski definition) is 0. The summed E-state index contributed by atoms with van der Waals surface area (Å²) in [5.41, 5.74) is 3.06. The Balaban J connectivity index is 1.26. The average Bonchev–Trinajstić information content (AvgIpc) is 3.30. The number of ether oxygens (including phenoxy) is 1. The molecular formula is C24H24ClN7O2. The molecule has 1 aliphatic heterocycles. The summed E-state index contributed by atoms with van der Waals surface area (Å²) in [4.78, 5) is 25.7. The van der Waals surface area contributed by atoms with Gasteiger partial charge in [-0.05, 0) is 48.9 Å². The molecule has 0 bridgehead atoms. The molecule has 1 saturated heterocycles. The number of halogens is 1. The summed E-state index contributed by atoms with van der Waals surface area (Å²) in [5.74, 6) is 1.66. The number of amides is 1. The first kappa shape index (κ1) is 22.1. The summed E-state index contributed by atoms with van der Waals surface area (Å²) in [6.45, 7) is 5.13. The Morgan fingerprint density at radius 2 is 1.74 bits per heavy atom. The van der Waals surface area contributed by atoms with Crippen LogP contribution in [0, 0.1) is 0 Å². The van der Waals surface area contributed by atoms with Gasteiger partial charge < -0.3 is 14.5 Å². The second kappa shape index (κ2) is 9.64. The van der Waals surface area contributed by atoms with Gasteiger partial charge in [0.15, 0.2) is 17.0 Å². The molecule has 174 valence electrons. The normalized spacial score (nSPS) is 13.9. The van der Waals surface area contributed by atoms with E-state index in [1.807, 2.05) is 48.2 Å². The summed E-state index contributed by atoms with van der Waals surface area (Å²) >= 11 is 6.00. The number of fused-ring (bicyclic) bond motifs is 1. The molecule has 9 nitrogen and oxygen atoms in total. The summed E-state index contributed by atoms with van der Waals surface area (Å²) < 4.78 is 7.14. The van der Waals surface area contributed by atoms with Gasteiger partial charge in [-0.2, -0.15) is 4.68 Å². The standard InChI is InChI=1S/C24H24ClN7O2/c1-2-34-20-9-3-17(4-10-20)15-21(33)30-11-13-31(14-12-30)23-22-24(27-16-26-23)32(29-28-22)19-7-5-18(25)6-8-19/h3-10,16H,2,11-15H2,1H3. The molecule has 1 amide bonds. The van der Waals surface area contributed by atoms with Crippen LogP contribution in [-0.4, -0.2) is 68.6 Å². The molecule has 2 aromatic carbocycles. The Hall–Kier alpha value is -3.72. The van der Waals surface area contributed by atoms with Crippen LogP contribution in [0.1, 0.15) is 12.5 Å². The minimum absolute atomic E-state index is 0.116. The third-order valence-electron chi connectivity index (χ3n) is 5.81. The lowest BCUT2D eigenvalue weighted by molar-refractivity contribution is -0.130. The van der Waals surface area contributed by atoms with Gasteiger partial charge >= 0.3 is 0 Å². The van der Waals surface area contributed by atoms with Crippen LogP contribution in [-0.2, 0) is 11.2 Å². The fourth-order valence-corrected chi connectivity index (χ4v) is 4.17. The third-order valence-corrected chi connectivity index (χ3v) is 6.06. The molecule has 0 spiro atoms. The van der Waals surface area contributed by atoms with Crippen LogP contribution >= 0.6 is 11.6 Å². The zero-order valence-electron chi connectivity index (χ0n) is 18.8. The van der Waals surface area contributed by atoms with E-state index in [1.54, 1.807) is 16.8 Å². The molecule has 3 heterocycles. The van der Waals surface area contributed by atoms with Gasteiger partial charge in [-0.1, -0.05) is 28.9 Å². The van der Waals surface area contributed by atoms with Crippen molar-refractivity contribution in [3.8, 4) is 11.4 Å². The molecule has 5 rings (SSSR count). The van der Waals surface area contributed by atoms with Gasteiger partial charge in [-0.25, -0.2) is 9.97 Å². The Morgan fingerprint density at radius 3 is 2.44 bits per heavy atom. The van der Waals surface area contributed by atoms with Crippen molar-refractivity contribution in [3.05, 3.63) is 65.4 Å². The molecular weight excluding hydrogens is 454 g/mol. The molecule has 0 N–H and O–H groups in total. The third kappa shape index (κ3) is 4.51. The molecule has 2 aromatic heterocycles. The second-order valence-corrected chi connectivity index (χ2v) is 8.41. The lowest BCUT2D eigenvalue weighted by atomic mass is 10.1. The highest BCUT2D eigenvalue weighted by atomic mass is 35.5. The highest BCUT2D eigenvalue weighted by Gasteiger charge is 2.25. The van der Waals surface area contributed by atoms with E-state index in [1.165, 1.54) is 6.33 Å². The maximum absolute atomic E-state index is 12.8. The number of nitrogens with zero attached hydrogens (tertiary/aromatic N) is 7. The highest BCUT2D eigenvalue weighted by molar-refractivity contribution is 6.30. The predicted octanol–water partition coefficient (Wildman–Crippen LogP) is 3.15. The lowest BCUT2D eigenvalue weighted by Gasteiger charge is -2.35. The van der Waals surface area contributed by atoms with Crippen molar-refractivity contribution >= 4 is 34.5 Å². The summed E-state index contributed by atoms with van der Waals surface area (Å²) in [6, 6.07) is 15.0. The fraction of sp³-hybridized carbons (Fsp3) is 0.292. The van der Waals surface area contributed by atoms with E-state index < -0.39 is 0 Å². The molecule has 0 aliphatic carbocycles. The van der Waals surface area contributed by atoms with E-state index in [4.69, 9.17) is 16.3 Å². The second-order valence-electron chi connectivity index (χ2n) is 7.97. The lowest BCUT2D eigenvalue weighted by Crippen LogP contribution is -2.49. The number of benzene rings is 2. The quantitative estimate of drug-likeness (QED) is 0.421. The van der Waals surface area contributed by atoms with E-state index in [-0.39, 0.29) is 5.91 Å². The zero-order valence-corrected chi connectivity index (χ0v) is 19.5. The number of anilines is 1. The molecule has 1 fully saturated rings. The van der Waals surface area contributed by atoms with Crippen LogP contribution < -0.4 is 9.64 Å². The number of carbonyl (C=O) groups excluding carboxylic acids is 1. The van der Waals surface area contributed by atoms with Crippen LogP contribution in [0.15, 0.2) is 54.9 Å². The van der Waals surface area contributed by atoms with Crippen molar-refractivity contribution in [1.29, 1.82) is 0 Å². The van der Waals surface area contributed by atoms with Crippen LogP contribution in [0.5, 0.6) is 5.75 Å². The van der Waals surface area contributed by atoms with Crippen LogP contribution in [0.3, 0.4) is 0 Å². The first-order chi connectivity index (χ1) is 16.6. The molecule has 0 saturated carbocycles. The summed E-state index contributed by atoms with van der Waals surface area (Å²) in [5, 5.41) is 9.28. The van der Waals surface area contributed by atoms with Gasteiger partial charge in [0, 0.05) is 31.2 Å². The Labute approximate surface area is 201 Å². The minimum Gasteiger partial charge on any atom is -0.494 e. The van der Waals surface area contributed by atoms with Gasteiger partial charge in [-0.3, -0.25) is 4.79 Å². The van der Waals surface area contributed by atoms with E-state index in [0.29, 0.717) is 55.4 Å². The Kier molecular flexibility index (Phi) is 6.27. The van der Waals surface area contributed by atoms with E-state index in [0.717, 1.165) is 22.8 Å². The van der Waals surface area contributed by atoms with Gasteiger partial charge in [0.2, 0.25) is 5.91 Å². The number of aromatic nitrogens is 5. The predicted molar refractivity (Wildman–Crippen MR) is 130 cm³/mol. The van der Waals surface area contributed by atoms with Crippen LogP contribution in [0.4, 0.5) is 5.82 Å². The molecule has 1 aliphatic rings. The fourth-order valence-electron chi connectivity index (χ4n) is 4.05. The minimum atomic E-state index is 0.116. The monoisotopic (exact) mass is 477 g/mol. The maximum Gasteiger partial charge on any atom is 0.227 e. The summed E-state index contributed by atoms with van der Waals surface area (Å²) in [6.07, 6.45) is 1.90. The smallest absolute Gasteiger partial charge is 0.227 e. The van der Waals surface area contributed by atoms with Gasteiger partial charge in [0.25, 0.3) is 0 Å². The van der Waals surface area contributed by atoms with Crippen molar-refractivity contribution in [3.63, 3.8) is 0 Å². The molecule has 0 unspecified atom stereocenters. The highest BCUT2D eigenvalue weighted by Crippen LogP contribution is 2.24. The first-order valence-electron chi connectivity index (χ1n) is 11.2. The Morgan fingerprint density at radius 1 is 1.00 bits per heavy atom. The van der Waals surface area contributed by atoms with Gasteiger partial charge in [0.05, 0.1) is 18.7 Å². The van der Waals surface area contributed by atoms with Gasteiger partial charge in [-0.15, -0.1) is 5.10 Å². The SMILES string of the molecule is CCOc1ccc(CC(=O)N2CCN(c3ncnc4c3nnn4-c3ccc(Cl)cc3)CC2)cc1. The van der Waals surface area contributed by atoms with E-state index in [9.17, 15) is 4.79 Å². The zero-order chi connectivity index (χ0) is 23.5. The molecule has 0 radical (unpaired) electrons. The molecule has 34 heavy (non-hydrogen) atoms. The maximum atomic E-state index is 12.8. The van der Waals surface area contributed by atoms with Crippen molar-refractivity contribution < 1.29 is 9.53 Å². The molecule has 4 aromatic rings. The Bertz CT molecular complexity index is 1280. The number of carbonyl (C=O) groups is 1. The van der Waals surface area contributed by atoms with Crippen molar-refractivity contribution in [1.82, 2.24) is 29.9 Å². The number of hydrogen-bond acceptors (Lipinski definition) is 7. The largest absolute Gasteiger partial charge is 0.494 e. The van der Waals surface area contributed by atoms with E-state index in [2.05, 4.69) is 25.2 Å². The number of piperazine rings is 1.